The van der Waals surface area contributed by atoms with Gasteiger partial charge in [0, 0.05) is 23.1 Å². The van der Waals surface area contributed by atoms with E-state index in [-0.39, 0.29) is 23.2 Å². The summed E-state index contributed by atoms with van der Waals surface area (Å²) in [4.78, 5) is 18.2. The van der Waals surface area contributed by atoms with Crippen molar-refractivity contribution in [3.05, 3.63) is 64.7 Å². The van der Waals surface area contributed by atoms with Crippen molar-refractivity contribution < 1.29 is 19.5 Å². The summed E-state index contributed by atoms with van der Waals surface area (Å²) < 4.78 is 5.63. The van der Waals surface area contributed by atoms with Crippen molar-refractivity contribution in [1.82, 2.24) is 0 Å². The van der Waals surface area contributed by atoms with Crippen molar-refractivity contribution in [2.75, 3.05) is 0 Å². The Balaban J connectivity index is 0.00000432. The molecular formula is C28H39ClN2O4. The van der Waals surface area contributed by atoms with Gasteiger partial charge in [0.2, 0.25) is 0 Å². The van der Waals surface area contributed by atoms with E-state index in [1.54, 1.807) is 6.92 Å². The maximum absolute atomic E-state index is 12.5. The number of phenolic OH excluding ortho intramolecular Hbond substituents is 1. The molecule has 0 amide bonds. The molecule has 1 heterocycles. The van der Waals surface area contributed by atoms with Crippen molar-refractivity contribution in [3.63, 3.8) is 0 Å². The van der Waals surface area contributed by atoms with E-state index >= 15 is 0 Å². The predicted molar refractivity (Wildman–Crippen MR) is 142 cm³/mol. The molecule has 1 aliphatic heterocycles. The van der Waals surface area contributed by atoms with E-state index < -0.39 is 24.2 Å². The van der Waals surface area contributed by atoms with Crippen LogP contribution in [0.4, 0.5) is 0 Å². The van der Waals surface area contributed by atoms with Gasteiger partial charge in [-0.05, 0) is 41.9 Å². The van der Waals surface area contributed by atoms with Crippen LogP contribution >= 0.6 is 12.4 Å². The summed E-state index contributed by atoms with van der Waals surface area (Å²) in [6.07, 6.45) is 0.0169. The number of rotatable bonds is 6. The third-order valence-corrected chi connectivity index (χ3v) is 6.18. The number of phenols is 1. The Morgan fingerprint density at radius 2 is 1.66 bits per heavy atom. The topological polar surface area (TPSA) is 94.1 Å². The van der Waals surface area contributed by atoms with E-state index in [9.17, 15) is 9.90 Å². The van der Waals surface area contributed by atoms with Crippen LogP contribution in [-0.4, -0.2) is 35.0 Å². The fraction of sp³-hybridized carbons (Fsp3) is 0.500. The maximum atomic E-state index is 12.5. The number of esters is 1. The fourth-order valence-corrected chi connectivity index (χ4v) is 4.06. The second kappa shape index (κ2) is 11.0. The molecule has 0 bridgehead atoms. The molecule has 0 radical (unpaired) electrons. The lowest BCUT2D eigenvalue weighted by Crippen LogP contribution is -2.39. The van der Waals surface area contributed by atoms with Crippen molar-refractivity contribution in [2.24, 2.45) is 10.9 Å². The van der Waals surface area contributed by atoms with Crippen LogP contribution < -0.4 is 5.73 Å². The van der Waals surface area contributed by atoms with E-state index in [0.29, 0.717) is 18.6 Å². The first-order chi connectivity index (χ1) is 15.8. The summed E-state index contributed by atoms with van der Waals surface area (Å²) in [7, 11) is 0. The van der Waals surface area contributed by atoms with Gasteiger partial charge >= 0.3 is 5.97 Å². The molecule has 0 aromatic heterocycles. The monoisotopic (exact) mass is 502 g/mol. The van der Waals surface area contributed by atoms with Crippen LogP contribution in [0.5, 0.6) is 5.75 Å². The molecule has 0 saturated heterocycles. The average Bonchev–Trinajstić information content (AvgIpc) is 3.23. The largest absolute Gasteiger partial charge is 0.507 e. The first-order valence-corrected chi connectivity index (χ1v) is 11.9. The molecule has 0 aliphatic carbocycles. The lowest BCUT2D eigenvalue weighted by Gasteiger charge is -2.28. The van der Waals surface area contributed by atoms with Crippen LogP contribution in [0.2, 0.25) is 0 Å². The minimum atomic E-state index is -0.743. The van der Waals surface area contributed by atoms with Gasteiger partial charge in [-0.25, -0.2) is 0 Å². The zero-order chi connectivity index (χ0) is 25.3. The minimum Gasteiger partial charge on any atom is -0.507 e. The highest BCUT2D eigenvalue weighted by molar-refractivity contribution is 6.02. The van der Waals surface area contributed by atoms with Crippen LogP contribution in [0.25, 0.3) is 0 Å². The zero-order valence-corrected chi connectivity index (χ0v) is 22.6. The number of aromatic hydroxyl groups is 1. The van der Waals surface area contributed by atoms with Crippen LogP contribution in [-0.2, 0) is 31.6 Å². The van der Waals surface area contributed by atoms with Gasteiger partial charge < -0.3 is 20.4 Å². The highest BCUT2D eigenvalue weighted by atomic mass is 35.5. The smallest absolute Gasteiger partial charge is 0.323 e. The summed E-state index contributed by atoms with van der Waals surface area (Å²) in [5.41, 5.74) is 10.0. The van der Waals surface area contributed by atoms with Gasteiger partial charge in [0.1, 0.15) is 17.9 Å². The van der Waals surface area contributed by atoms with E-state index in [4.69, 9.17) is 15.3 Å². The Hall–Kier alpha value is -2.57. The highest BCUT2D eigenvalue weighted by Gasteiger charge is 2.33. The van der Waals surface area contributed by atoms with Crippen molar-refractivity contribution >= 4 is 24.1 Å². The molecule has 2 unspecified atom stereocenters. The predicted octanol–water partition coefficient (Wildman–Crippen LogP) is 5.40. The summed E-state index contributed by atoms with van der Waals surface area (Å²) in [6.45, 7) is 14.3. The third-order valence-electron chi connectivity index (χ3n) is 6.18. The van der Waals surface area contributed by atoms with Crippen LogP contribution in [0.1, 0.15) is 77.1 Å². The molecule has 0 spiro atoms. The molecule has 3 N–H and O–H groups in total. The Morgan fingerprint density at radius 3 is 2.17 bits per heavy atom. The standard InChI is InChI=1S/C28H38N2O4.ClH/c1-17(33-26(32)22(29)13-18-11-9-8-10-12-18)24-16-23(30-34-24)19-14-20(27(2,3)4)25(31)21(15-19)28(5,6)7;/h8-12,14-15,17,22,24,31H,13,16,29H2,1-7H3;1H/t17?,22-,24?;/m0./s1. The molecule has 0 fully saturated rings. The second-order valence-electron chi connectivity index (χ2n) is 11.2. The number of hydrogen-bond donors (Lipinski definition) is 2. The third kappa shape index (κ3) is 6.98. The molecule has 1 aliphatic rings. The molecule has 2 aromatic rings. The quantitative estimate of drug-likeness (QED) is 0.515. The number of benzene rings is 2. The lowest BCUT2D eigenvalue weighted by atomic mass is 9.78. The van der Waals surface area contributed by atoms with Gasteiger partial charge in [-0.2, -0.15) is 0 Å². The van der Waals surface area contributed by atoms with E-state index in [2.05, 4.69) is 46.7 Å². The molecule has 3 rings (SSSR count). The van der Waals surface area contributed by atoms with Gasteiger partial charge in [0.05, 0.1) is 5.71 Å². The highest BCUT2D eigenvalue weighted by Crippen LogP contribution is 2.40. The van der Waals surface area contributed by atoms with Crippen molar-refractivity contribution in [2.45, 2.75) is 90.4 Å². The van der Waals surface area contributed by atoms with Crippen LogP contribution in [0.15, 0.2) is 47.6 Å². The molecule has 35 heavy (non-hydrogen) atoms. The minimum absolute atomic E-state index is 0. The summed E-state index contributed by atoms with van der Waals surface area (Å²) in [5.74, 6) is -0.127. The molecule has 6 nitrogen and oxygen atoms in total. The summed E-state index contributed by atoms with van der Waals surface area (Å²) >= 11 is 0. The summed E-state index contributed by atoms with van der Waals surface area (Å²) in [5, 5.41) is 15.3. The molecule has 7 heteroatoms. The normalized spacial score (nSPS) is 17.6. The number of ether oxygens (including phenoxy) is 1. The Bertz CT molecular complexity index is 1020. The molecular weight excluding hydrogens is 464 g/mol. The van der Waals surface area contributed by atoms with Gasteiger partial charge in [0.15, 0.2) is 6.10 Å². The SMILES string of the molecule is CC(OC(=O)[C@@H](N)Cc1ccccc1)C1CC(c2cc(C(C)(C)C)c(O)c(C(C)(C)C)c2)=NO1.Cl. The van der Waals surface area contributed by atoms with Crippen molar-refractivity contribution in [1.29, 1.82) is 0 Å². The van der Waals surface area contributed by atoms with E-state index in [1.165, 1.54) is 0 Å². The lowest BCUT2D eigenvalue weighted by molar-refractivity contribution is -0.156. The first kappa shape index (κ1) is 28.7. The Kier molecular flexibility index (Phi) is 9.01. The molecule has 192 valence electrons. The molecule has 0 saturated carbocycles. The number of oxime groups is 1. The number of hydrogen-bond acceptors (Lipinski definition) is 6. The van der Waals surface area contributed by atoms with Crippen LogP contribution in [0.3, 0.4) is 0 Å². The average molecular weight is 503 g/mol. The fourth-order valence-electron chi connectivity index (χ4n) is 4.06. The number of carbonyl (C=O) groups excluding carboxylic acids is 1. The maximum Gasteiger partial charge on any atom is 0.323 e. The molecule has 2 aromatic carbocycles. The zero-order valence-electron chi connectivity index (χ0n) is 21.8. The molecule has 3 atom stereocenters. The van der Waals surface area contributed by atoms with Gasteiger partial charge in [0.25, 0.3) is 0 Å². The first-order valence-electron chi connectivity index (χ1n) is 11.9. The Labute approximate surface area is 215 Å². The number of nitrogens with zero attached hydrogens (tertiary/aromatic N) is 1. The van der Waals surface area contributed by atoms with Crippen molar-refractivity contribution in [3.8, 4) is 5.75 Å². The number of halogens is 1. The van der Waals surface area contributed by atoms with Crippen LogP contribution in [0, 0.1) is 0 Å². The van der Waals surface area contributed by atoms with Gasteiger partial charge in [-0.1, -0.05) is 77.0 Å². The number of nitrogens with two attached hydrogens (primary N) is 1. The number of carbonyl (C=O) groups is 1. The van der Waals surface area contributed by atoms with E-state index in [0.717, 1.165) is 28.0 Å². The second-order valence-corrected chi connectivity index (χ2v) is 11.2. The van der Waals surface area contributed by atoms with Gasteiger partial charge in [-0.3, -0.25) is 4.79 Å². The Morgan fingerprint density at radius 1 is 1.11 bits per heavy atom. The van der Waals surface area contributed by atoms with E-state index in [1.807, 2.05) is 42.5 Å². The van der Waals surface area contributed by atoms with Gasteiger partial charge in [-0.15, -0.1) is 12.4 Å². The summed E-state index contributed by atoms with van der Waals surface area (Å²) in [6, 6.07) is 12.9.